The zero-order valence-corrected chi connectivity index (χ0v) is 19.0. The molecule has 0 amide bonds. The minimum Gasteiger partial charge on any atom is -0.356 e. The van der Waals surface area contributed by atoms with Crippen molar-refractivity contribution >= 4 is 29.9 Å². The minimum absolute atomic E-state index is 0. The number of nitrogens with one attached hydrogen (secondary N) is 2. The van der Waals surface area contributed by atoms with Gasteiger partial charge in [-0.1, -0.05) is 31.1 Å². The Balaban J connectivity index is 0.00000280. The third kappa shape index (κ3) is 5.89. The van der Waals surface area contributed by atoms with E-state index >= 15 is 0 Å². The highest BCUT2D eigenvalue weighted by Crippen LogP contribution is 2.47. The predicted octanol–water partition coefficient (Wildman–Crippen LogP) is 3.78. The summed E-state index contributed by atoms with van der Waals surface area (Å²) in [5, 5.41) is 10.7. The van der Waals surface area contributed by atoms with Gasteiger partial charge in [-0.2, -0.15) is 4.98 Å². The molecule has 0 bridgehead atoms. The van der Waals surface area contributed by atoms with Crippen LogP contribution in [0.2, 0.25) is 0 Å². The molecule has 1 fully saturated rings. The molecule has 0 aliphatic heterocycles. The van der Waals surface area contributed by atoms with Crippen LogP contribution < -0.4 is 10.6 Å². The van der Waals surface area contributed by atoms with E-state index in [0.29, 0.717) is 5.89 Å². The SMILES string of the molecule is CN=C(NCCCc1nc(C(C)C)no1)NCC1(c2cccc(F)c2)CC1.I. The molecule has 0 atom stereocenters. The molecule has 0 radical (unpaired) electrons. The van der Waals surface area contributed by atoms with Crippen LogP contribution in [0.25, 0.3) is 0 Å². The monoisotopic (exact) mass is 501 g/mol. The smallest absolute Gasteiger partial charge is 0.226 e. The van der Waals surface area contributed by atoms with E-state index in [2.05, 4.69) is 25.8 Å². The summed E-state index contributed by atoms with van der Waals surface area (Å²) >= 11 is 0. The second-order valence-corrected chi connectivity index (χ2v) is 7.45. The highest BCUT2D eigenvalue weighted by molar-refractivity contribution is 14.0. The first-order chi connectivity index (χ1) is 13.0. The zero-order chi connectivity index (χ0) is 19.3. The molecule has 0 spiro atoms. The number of guanidine groups is 1. The number of benzene rings is 1. The molecular formula is C20H29FIN5O. The molecule has 3 rings (SSSR count). The maximum atomic E-state index is 13.5. The fourth-order valence-electron chi connectivity index (χ4n) is 3.06. The number of aryl methyl sites for hydroxylation is 1. The number of nitrogens with zero attached hydrogens (tertiary/aromatic N) is 3. The van der Waals surface area contributed by atoms with Gasteiger partial charge in [0.1, 0.15) is 5.82 Å². The van der Waals surface area contributed by atoms with E-state index in [1.807, 2.05) is 19.9 Å². The van der Waals surface area contributed by atoms with Gasteiger partial charge in [0.15, 0.2) is 11.8 Å². The predicted molar refractivity (Wildman–Crippen MR) is 119 cm³/mol. The van der Waals surface area contributed by atoms with E-state index in [1.165, 1.54) is 6.07 Å². The van der Waals surface area contributed by atoms with E-state index in [-0.39, 0.29) is 41.1 Å². The maximum Gasteiger partial charge on any atom is 0.226 e. The van der Waals surface area contributed by atoms with Gasteiger partial charge in [0.05, 0.1) is 0 Å². The van der Waals surface area contributed by atoms with Crippen LogP contribution in [0.3, 0.4) is 0 Å². The molecule has 154 valence electrons. The lowest BCUT2D eigenvalue weighted by Gasteiger charge is -2.19. The molecule has 0 unspecified atom stereocenters. The van der Waals surface area contributed by atoms with Crippen molar-refractivity contribution in [1.29, 1.82) is 0 Å². The van der Waals surface area contributed by atoms with Crippen LogP contribution in [0.5, 0.6) is 0 Å². The van der Waals surface area contributed by atoms with E-state index in [0.717, 1.165) is 56.1 Å². The van der Waals surface area contributed by atoms with Crippen molar-refractivity contribution < 1.29 is 8.91 Å². The zero-order valence-electron chi connectivity index (χ0n) is 16.7. The highest BCUT2D eigenvalue weighted by Gasteiger charge is 2.44. The van der Waals surface area contributed by atoms with Crippen LogP contribution in [0.4, 0.5) is 4.39 Å². The minimum atomic E-state index is -0.178. The molecule has 2 aromatic rings. The lowest BCUT2D eigenvalue weighted by molar-refractivity contribution is 0.368. The number of aromatic nitrogens is 2. The summed E-state index contributed by atoms with van der Waals surface area (Å²) in [6.07, 6.45) is 3.73. The summed E-state index contributed by atoms with van der Waals surface area (Å²) in [5.41, 5.74) is 1.08. The second-order valence-electron chi connectivity index (χ2n) is 7.45. The Morgan fingerprint density at radius 3 is 2.71 bits per heavy atom. The van der Waals surface area contributed by atoms with Gasteiger partial charge in [-0.3, -0.25) is 4.99 Å². The van der Waals surface area contributed by atoms with Gasteiger partial charge in [-0.25, -0.2) is 4.39 Å². The molecule has 1 saturated carbocycles. The van der Waals surface area contributed by atoms with E-state index in [9.17, 15) is 4.39 Å². The largest absolute Gasteiger partial charge is 0.356 e. The van der Waals surface area contributed by atoms with Crippen molar-refractivity contribution in [3.05, 3.63) is 47.4 Å². The van der Waals surface area contributed by atoms with Crippen molar-refractivity contribution in [3.63, 3.8) is 0 Å². The first-order valence-electron chi connectivity index (χ1n) is 9.55. The van der Waals surface area contributed by atoms with Gasteiger partial charge in [0.2, 0.25) is 5.89 Å². The van der Waals surface area contributed by atoms with Crippen LogP contribution >= 0.6 is 24.0 Å². The Labute approximate surface area is 182 Å². The molecule has 28 heavy (non-hydrogen) atoms. The van der Waals surface area contributed by atoms with Crippen LogP contribution in [0, 0.1) is 5.82 Å². The molecule has 1 aromatic heterocycles. The highest BCUT2D eigenvalue weighted by atomic mass is 127. The summed E-state index contributed by atoms with van der Waals surface area (Å²) < 4.78 is 18.8. The third-order valence-corrected chi connectivity index (χ3v) is 4.97. The maximum absolute atomic E-state index is 13.5. The van der Waals surface area contributed by atoms with Crippen molar-refractivity contribution in [3.8, 4) is 0 Å². The van der Waals surface area contributed by atoms with Gasteiger partial charge in [-0.15, -0.1) is 24.0 Å². The van der Waals surface area contributed by atoms with Gasteiger partial charge < -0.3 is 15.2 Å². The van der Waals surface area contributed by atoms with E-state index < -0.39 is 0 Å². The normalized spacial score (nSPS) is 15.2. The molecule has 1 aliphatic rings. The summed E-state index contributed by atoms with van der Waals surface area (Å²) in [4.78, 5) is 8.65. The molecule has 1 heterocycles. The Morgan fingerprint density at radius 1 is 1.32 bits per heavy atom. The second kappa shape index (κ2) is 10.2. The number of hydrogen-bond donors (Lipinski definition) is 2. The molecule has 8 heteroatoms. The molecule has 6 nitrogen and oxygen atoms in total. The number of rotatable bonds is 8. The molecule has 1 aliphatic carbocycles. The van der Waals surface area contributed by atoms with E-state index in [1.54, 1.807) is 19.2 Å². The lowest BCUT2D eigenvalue weighted by atomic mass is 9.96. The first kappa shape index (κ1) is 22.6. The topological polar surface area (TPSA) is 75.3 Å². The van der Waals surface area contributed by atoms with Crippen LogP contribution in [0.15, 0.2) is 33.8 Å². The Bertz CT molecular complexity index is 788. The number of hydrogen-bond acceptors (Lipinski definition) is 4. The molecule has 1 aromatic carbocycles. The van der Waals surface area contributed by atoms with Gasteiger partial charge in [0, 0.05) is 37.9 Å². The fourth-order valence-corrected chi connectivity index (χ4v) is 3.06. The average molecular weight is 501 g/mol. The summed E-state index contributed by atoms with van der Waals surface area (Å²) in [6, 6.07) is 6.91. The first-order valence-corrected chi connectivity index (χ1v) is 9.55. The van der Waals surface area contributed by atoms with Crippen LogP contribution in [-0.4, -0.2) is 36.2 Å². The van der Waals surface area contributed by atoms with Gasteiger partial charge in [-0.05, 0) is 37.0 Å². The Kier molecular flexibility index (Phi) is 8.21. The van der Waals surface area contributed by atoms with Crippen molar-refractivity contribution in [2.24, 2.45) is 4.99 Å². The van der Waals surface area contributed by atoms with E-state index in [4.69, 9.17) is 4.52 Å². The number of aliphatic imine (C=N–C) groups is 1. The third-order valence-electron chi connectivity index (χ3n) is 4.97. The van der Waals surface area contributed by atoms with Gasteiger partial charge >= 0.3 is 0 Å². The summed E-state index contributed by atoms with van der Waals surface area (Å²) in [5.74, 6) is 2.28. The Hall–Kier alpha value is -1.71. The lowest BCUT2D eigenvalue weighted by Crippen LogP contribution is -2.41. The van der Waals surface area contributed by atoms with Crippen molar-refractivity contribution in [1.82, 2.24) is 20.8 Å². The summed E-state index contributed by atoms with van der Waals surface area (Å²) in [7, 11) is 1.75. The fraction of sp³-hybridized carbons (Fsp3) is 0.550. The summed E-state index contributed by atoms with van der Waals surface area (Å²) in [6.45, 7) is 5.59. The van der Waals surface area contributed by atoms with Crippen molar-refractivity contribution in [2.45, 2.75) is 50.9 Å². The van der Waals surface area contributed by atoms with Gasteiger partial charge in [0.25, 0.3) is 0 Å². The molecule has 2 N–H and O–H groups in total. The average Bonchev–Trinajstić information content (AvgIpc) is 3.30. The standard InChI is InChI=1S/C20H28FN5O.HI/c1-14(2)18-25-17(27-26-18)8-5-11-23-19(22-3)24-13-20(9-10-20)15-6-4-7-16(21)12-15;/h4,6-7,12,14H,5,8-11,13H2,1-3H3,(H2,22,23,24);1H. The molecule has 0 saturated heterocycles. The van der Waals surface area contributed by atoms with Crippen LogP contribution in [-0.2, 0) is 11.8 Å². The Morgan fingerprint density at radius 2 is 2.11 bits per heavy atom. The van der Waals surface area contributed by atoms with Crippen LogP contribution in [0.1, 0.15) is 56.3 Å². The molecular weight excluding hydrogens is 472 g/mol. The number of halogens is 2. The van der Waals surface area contributed by atoms with Crippen molar-refractivity contribution in [2.75, 3.05) is 20.1 Å². The quantitative estimate of drug-likeness (QED) is 0.249.